The van der Waals surface area contributed by atoms with Crippen molar-refractivity contribution >= 4 is 41.2 Å². The molecular weight excluding hydrogens is 1670 g/mol. The summed E-state index contributed by atoms with van der Waals surface area (Å²) in [6.45, 7) is 14.7. The third-order valence-corrected chi connectivity index (χ3v) is 22.3. The van der Waals surface area contributed by atoms with E-state index < -0.39 is 0 Å². The number of carbonyl (C=O) groups excluding carboxylic acids is 4. The molecule has 7 aromatic heterocycles. The van der Waals surface area contributed by atoms with Crippen LogP contribution in [0.25, 0.3) is 68.3 Å². The lowest BCUT2D eigenvalue weighted by Crippen LogP contribution is -2.50. The minimum absolute atomic E-state index is 0.0142. The summed E-state index contributed by atoms with van der Waals surface area (Å²) in [5, 5.41) is 16.5. The van der Waals surface area contributed by atoms with Crippen molar-refractivity contribution in [1.29, 1.82) is 0 Å². The Morgan fingerprint density at radius 3 is 1.14 bits per heavy atom. The van der Waals surface area contributed by atoms with Gasteiger partial charge < -0.3 is 58.4 Å². The van der Waals surface area contributed by atoms with Crippen LogP contribution in [0.15, 0.2) is 201 Å². The molecule has 6 aromatic carbocycles. The van der Waals surface area contributed by atoms with Gasteiger partial charge >= 0.3 is 6.03 Å². The van der Waals surface area contributed by atoms with E-state index in [1.807, 2.05) is 27.8 Å². The van der Waals surface area contributed by atoms with Crippen LogP contribution in [-0.2, 0) is 51.7 Å². The van der Waals surface area contributed by atoms with Gasteiger partial charge in [-0.15, -0.1) is 15.3 Å². The number of morpholine rings is 1. The first-order valence-corrected chi connectivity index (χ1v) is 42.4. The van der Waals surface area contributed by atoms with E-state index in [4.69, 9.17) is 14.2 Å². The fourth-order valence-electron chi connectivity index (χ4n) is 15.2. The molecule has 0 radical (unpaired) electrons. The van der Waals surface area contributed by atoms with Crippen LogP contribution in [0.2, 0.25) is 0 Å². The monoisotopic (exact) mass is 1760 g/mol. The van der Waals surface area contributed by atoms with Gasteiger partial charge in [-0.3, -0.25) is 19.3 Å². The molecule has 5 amide bonds. The third-order valence-electron chi connectivity index (χ3n) is 22.3. The Morgan fingerprint density at radius 1 is 0.395 bits per heavy atom. The molecule has 0 saturated carbocycles. The average molecular weight is 1760 g/mol. The molecule has 5 saturated heterocycles. The average Bonchev–Trinajstić information content (AvgIpc) is 1.66. The van der Waals surface area contributed by atoms with Gasteiger partial charge in [0.25, 0.3) is 0 Å². The standard InChI is InChI=1S/C31H34F2N8O3.C30H31F2N9O2.C29H27F2N9O2/c32-25-6-2-23(3-7-25)30-36-31(24-4-8-26(33)9-5-24)41(37-30)21-29(42)40-13-11-39(12-14-40)27-20-28(35-22-34-27)44-17-1-10-38-15-18-43-19-16-38;31-23-7-3-21(4-8-23)28-36-29(22-5-9-24(32)10-6-22)41(37-28)19-27(42)39-16-14-38(15-17-39)26-18-25(34-20-35-26)2-1-12-40-13-11-33-30(40)43;30-23-5-1-21(2-6-23)28-35-29(22-3-7-24(31)8-4-22)40(36-28)18-27(41)39-13-11-38(12-14-39)25-17-26(34-19-33-25)42-16-15-37-10-9-32-20-37/h2-9,20,22H,1,10-19,21H2;3-10,18,20H,1-2,11-17,19H2,(H,33,43);1-10,17,19-20H,11-16,18H2. The Balaban J connectivity index is 0.000000142. The SMILES string of the molecule is O=C(Cn1nc(-c2ccc(F)cc2)nc1-c1ccc(F)cc1)N1CCN(c2cc(CCCN3CCNC3=O)ncn2)CC1.O=C(Cn1nc(-c2ccc(F)cc2)nc1-c1ccc(F)cc1)N1CCN(c2cc(OCCCN3CCOCC3)ncn2)CC1.O=C(Cn1nc(-c2ccc(F)cc2)nc1-c1ccc(F)cc1)N1CCN(c2cc(OCCn3ccnc3)ncn2)CC1. The second kappa shape index (κ2) is 42.1. The number of hydrogen-bond acceptors (Lipinski definition) is 24. The van der Waals surface area contributed by atoms with Gasteiger partial charge in [-0.1, -0.05) is 0 Å². The number of aryl methyl sites for hydroxylation is 1. The van der Waals surface area contributed by atoms with Gasteiger partial charge in [0.2, 0.25) is 29.5 Å². The van der Waals surface area contributed by atoms with Gasteiger partial charge in [0.15, 0.2) is 34.9 Å². The molecule has 0 atom stereocenters. The number of benzene rings is 6. The summed E-state index contributed by atoms with van der Waals surface area (Å²) in [7, 11) is 0. The molecule has 0 spiro atoms. The summed E-state index contributed by atoms with van der Waals surface area (Å²) in [5.74, 6) is 3.02. The highest BCUT2D eigenvalue weighted by Gasteiger charge is 2.30. The minimum Gasteiger partial charge on any atom is -0.477 e. The molecule has 0 bridgehead atoms. The van der Waals surface area contributed by atoms with Crippen LogP contribution in [-0.4, -0.2) is 276 Å². The van der Waals surface area contributed by atoms with Gasteiger partial charge in [-0.25, -0.2) is 95.0 Å². The molecule has 129 heavy (non-hydrogen) atoms. The van der Waals surface area contributed by atoms with Crippen LogP contribution >= 0.6 is 0 Å². The lowest BCUT2D eigenvalue weighted by molar-refractivity contribution is -0.133. The van der Waals surface area contributed by atoms with Crippen molar-refractivity contribution in [2.45, 2.75) is 45.4 Å². The van der Waals surface area contributed by atoms with E-state index in [2.05, 4.69) is 90.1 Å². The summed E-state index contributed by atoms with van der Waals surface area (Å²) < 4.78 is 105. The number of urea groups is 1. The van der Waals surface area contributed by atoms with Gasteiger partial charge in [0.05, 0.1) is 32.7 Å². The first kappa shape index (κ1) is 87.8. The number of imidazole rings is 1. The molecule has 39 heteroatoms. The van der Waals surface area contributed by atoms with Crippen LogP contribution < -0.4 is 29.5 Å². The molecule has 5 fully saturated rings. The van der Waals surface area contributed by atoms with E-state index in [0.29, 0.717) is 191 Å². The normalized spacial score (nSPS) is 14.8. The summed E-state index contributed by atoms with van der Waals surface area (Å²) in [5.41, 5.74) is 4.59. The van der Waals surface area contributed by atoms with E-state index in [1.54, 1.807) is 112 Å². The highest BCUT2D eigenvalue weighted by Crippen LogP contribution is 2.30. The maximum Gasteiger partial charge on any atom is 0.317 e. The number of halogens is 6. The number of nitrogens with one attached hydrogen (secondary N) is 1. The Bertz CT molecular complexity index is 5890. The van der Waals surface area contributed by atoms with Gasteiger partial charge in [-0.05, 0) is 165 Å². The fraction of sp³-hybridized carbons (Fsp3) is 0.322. The Kier molecular flexibility index (Phi) is 28.7. The fourth-order valence-corrected chi connectivity index (χ4v) is 15.2. The molecule has 0 unspecified atom stereocenters. The van der Waals surface area contributed by atoms with Crippen molar-refractivity contribution in [1.82, 2.24) is 114 Å². The molecule has 5 aliphatic rings. The highest BCUT2D eigenvalue weighted by molar-refractivity contribution is 5.80. The largest absolute Gasteiger partial charge is 0.477 e. The van der Waals surface area contributed by atoms with Crippen molar-refractivity contribution < 1.29 is 59.7 Å². The molecule has 33 nitrogen and oxygen atoms in total. The number of ether oxygens (including phenoxy) is 3. The van der Waals surface area contributed by atoms with Crippen LogP contribution in [0, 0.1) is 34.9 Å². The van der Waals surface area contributed by atoms with Crippen molar-refractivity contribution in [3.8, 4) is 80.1 Å². The lowest BCUT2D eigenvalue weighted by Gasteiger charge is -2.35. The predicted octanol–water partition coefficient (Wildman–Crippen LogP) is 9.42. The lowest BCUT2D eigenvalue weighted by atomic mass is 10.2. The zero-order chi connectivity index (χ0) is 89.0. The number of nitrogens with zero attached hydrogens (tertiary/aromatic N) is 25. The van der Waals surface area contributed by atoms with Crippen molar-refractivity contribution in [2.24, 2.45) is 0 Å². The van der Waals surface area contributed by atoms with Gasteiger partial charge in [-0.2, -0.15) is 0 Å². The Hall–Kier alpha value is -14.6. The van der Waals surface area contributed by atoms with E-state index in [-0.39, 0.29) is 78.3 Å². The summed E-state index contributed by atoms with van der Waals surface area (Å²) in [4.78, 5) is 112. The van der Waals surface area contributed by atoms with E-state index in [1.165, 1.54) is 99.5 Å². The van der Waals surface area contributed by atoms with E-state index in [0.717, 1.165) is 81.8 Å². The zero-order valence-electron chi connectivity index (χ0n) is 70.4. The van der Waals surface area contributed by atoms with Crippen LogP contribution in [0.5, 0.6) is 11.8 Å². The number of anilines is 3. The maximum atomic E-state index is 13.6. The Labute approximate surface area is 737 Å². The Morgan fingerprint density at radius 2 is 0.767 bits per heavy atom. The summed E-state index contributed by atoms with van der Waals surface area (Å²) >= 11 is 0. The molecule has 13 aromatic rings. The molecule has 666 valence electrons. The first-order valence-electron chi connectivity index (χ1n) is 42.4. The predicted molar refractivity (Wildman–Crippen MR) is 463 cm³/mol. The quantitative estimate of drug-likeness (QED) is 0.0352. The summed E-state index contributed by atoms with van der Waals surface area (Å²) in [6.07, 6.45) is 12.3. The van der Waals surface area contributed by atoms with Crippen molar-refractivity contribution in [2.75, 3.05) is 159 Å². The van der Waals surface area contributed by atoms with Crippen LogP contribution in [0.4, 0.5) is 48.6 Å². The maximum absolute atomic E-state index is 13.6. The topological polar surface area (TPSA) is 321 Å². The van der Waals surface area contributed by atoms with Crippen LogP contribution in [0.1, 0.15) is 18.5 Å². The van der Waals surface area contributed by atoms with Crippen molar-refractivity contribution in [3.63, 3.8) is 0 Å². The van der Waals surface area contributed by atoms with Gasteiger partial charge in [0, 0.05) is 187 Å². The van der Waals surface area contributed by atoms with Gasteiger partial charge in [0.1, 0.15) is 97.6 Å². The second-order valence-corrected chi connectivity index (χ2v) is 30.8. The number of rotatable bonds is 28. The molecule has 18 rings (SSSR count). The third kappa shape index (κ3) is 23.4. The minimum atomic E-state index is -0.380. The smallest absolute Gasteiger partial charge is 0.317 e. The molecule has 0 aliphatic carbocycles. The molecule has 12 heterocycles. The zero-order valence-corrected chi connectivity index (χ0v) is 70.4. The highest BCUT2D eigenvalue weighted by atomic mass is 19.1. The number of hydrogen-bond donors (Lipinski definition) is 1. The molecule has 1 N–H and O–H groups in total. The molecule has 5 aliphatic heterocycles. The van der Waals surface area contributed by atoms with Crippen LogP contribution in [0.3, 0.4) is 0 Å². The first-order chi connectivity index (χ1) is 63.0. The number of aromatic nitrogens is 17. The number of amides is 5. The second-order valence-electron chi connectivity index (χ2n) is 30.8. The number of piperazine rings is 3. The molecular formula is C90H92F6N26O7. The van der Waals surface area contributed by atoms with E-state index >= 15 is 0 Å². The van der Waals surface area contributed by atoms with Crippen molar-refractivity contribution in [3.05, 3.63) is 242 Å². The van der Waals surface area contributed by atoms with E-state index in [9.17, 15) is 45.5 Å². The summed E-state index contributed by atoms with van der Waals surface area (Å²) in [6, 6.07) is 40.6. The number of carbonyl (C=O) groups is 4.